The van der Waals surface area contributed by atoms with Crippen molar-refractivity contribution < 1.29 is 9.72 Å². The average molecular weight is 318 g/mol. The third-order valence-electron chi connectivity index (χ3n) is 1.54. The van der Waals surface area contributed by atoms with Crippen molar-refractivity contribution in [3.8, 4) is 0 Å². The smallest absolute Gasteiger partial charge is 0.335 e. The van der Waals surface area contributed by atoms with Gasteiger partial charge in [0.1, 0.15) is 0 Å². The molecule has 0 bridgehead atoms. The largest absolute Gasteiger partial charge is 0.403 e. The lowest BCUT2D eigenvalue weighted by Crippen LogP contribution is -2.45. The summed E-state index contributed by atoms with van der Waals surface area (Å²) in [6, 6.07) is 0. The fourth-order valence-corrected chi connectivity index (χ4v) is 1.28. The molecule has 0 aliphatic heterocycles. The number of carbonyl (C=O) groups excluding carboxylic acids is 1. The second kappa shape index (κ2) is 4.90. The number of carbonyl (C=O) groups is 1. The van der Waals surface area contributed by atoms with Crippen LogP contribution in [0.2, 0.25) is 0 Å². The SMILES string of the molecule is CCN(CC)C(=O)C(Br)(Br)[N+](=O)[O-]. The average Bonchev–Trinajstić information content (AvgIpc) is 2.06. The zero-order chi connectivity index (χ0) is 10.6. The first-order valence-electron chi connectivity index (χ1n) is 3.69. The molecule has 0 unspecified atom stereocenters. The van der Waals surface area contributed by atoms with Gasteiger partial charge in [-0.3, -0.25) is 14.9 Å². The molecule has 0 fully saturated rings. The predicted molar refractivity (Wildman–Crippen MR) is 55.5 cm³/mol. The van der Waals surface area contributed by atoms with Crippen molar-refractivity contribution in [3.63, 3.8) is 0 Å². The Kier molecular flexibility index (Phi) is 4.83. The summed E-state index contributed by atoms with van der Waals surface area (Å²) in [5.74, 6) is -0.595. The minimum Gasteiger partial charge on any atom is -0.335 e. The molecule has 0 aliphatic rings. The molecule has 76 valence electrons. The number of hydrogen-bond acceptors (Lipinski definition) is 3. The molecule has 0 saturated heterocycles. The van der Waals surface area contributed by atoms with Crippen molar-refractivity contribution >= 4 is 37.8 Å². The number of halogens is 2. The summed E-state index contributed by atoms with van der Waals surface area (Å²) in [6.07, 6.45) is 0. The first-order chi connectivity index (χ1) is 5.87. The van der Waals surface area contributed by atoms with Crippen LogP contribution in [-0.4, -0.2) is 32.2 Å². The van der Waals surface area contributed by atoms with Gasteiger partial charge in [-0.1, -0.05) is 0 Å². The van der Waals surface area contributed by atoms with Crippen LogP contribution in [0, 0.1) is 10.1 Å². The predicted octanol–water partition coefficient (Wildman–Crippen LogP) is 1.58. The lowest BCUT2D eigenvalue weighted by molar-refractivity contribution is -0.491. The Morgan fingerprint density at radius 1 is 1.46 bits per heavy atom. The van der Waals surface area contributed by atoms with Gasteiger partial charge in [0.15, 0.2) is 0 Å². The molecule has 0 heterocycles. The third-order valence-corrected chi connectivity index (χ3v) is 2.79. The molecule has 0 aromatic heterocycles. The van der Waals surface area contributed by atoms with E-state index in [0.717, 1.165) is 0 Å². The number of nitro groups is 1. The van der Waals surface area contributed by atoms with E-state index in [0.29, 0.717) is 13.1 Å². The molecule has 0 aromatic rings. The normalized spacial score (nSPS) is 11.1. The first kappa shape index (κ1) is 12.8. The van der Waals surface area contributed by atoms with E-state index in [-0.39, 0.29) is 0 Å². The summed E-state index contributed by atoms with van der Waals surface area (Å²) >= 11 is 5.44. The number of alkyl halides is 2. The Morgan fingerprint density at radius 3 is 2.08 bits per heavy atom. The van der Waals surface area contributed by atoms with Gasteiger partial charge >= 0.3 is 9.26 Å². The lowest BCUT2D eigenvalue weighted by Gasteiger charge is -2.21. The zero-order valence-electron chi connectivity index (χ0n) is 7.29. The summed E-state index contributed by atoms with van der Waals surface area (Å²) in [6.45, 7) is 4.42. The van der Waals surface area contributed by atoms with E-state index < -0.39 is 14.2 Å². The van der Waals surface area contributed by atoms with Crippen LogP contribution >= 0.6 is 31.9 Å². The minimum absolute atomic E-state index is 0.447. The van der Waals surface area contributed by atoms with Crippen molar-refractivity contribution in [1.82, 2.24) is 4.90 Å². The Morgan fingerprint density at radius 2 is 1.85 bits per heavy atom. The highest BCUT2D eigenvalue weighted by atomic mass is 79.9. The monoisotopic (exact) mass is 316 g/mol. The summed E-state index contributed by atoms with van der Waals surface area (Å²) in [4.78, 5) is 22.6. The van der Waals surface area contributed by atoms with Gasteiger partial charge in [-0.15, -0.1) is 0 Å². The fourth-order valence-electron chi connectivity index (χ4n) is 0.779. The molecule has 1 amide bonds. The van der Waals surface area contributed by atoms with Crippen LogP contribution in [0.25, 0.3) is 0 Å². The zero-order valence-corrected chi connectivity index (χ0v) is 10.5. The van der Waals surface area contributed by atoms with Crippen molar-refractivity contribution in [3.05, 3.63) is 10.1 Å². The highest BCUT2D eigenvalue weighted by molar-refractivity contribution is 9.25. The van der Waals surface area contributed by atoms with Crippen LogP contribution < -0.4 is 0 Å². The summed E-state index contributed by atoms with van der Waals surface area (Å²) in [5, 5.41) is 10.5. The molecule has 5 nitrogen and oxygen atoms in total. The quantitative estimate of drug-likeness (QED) is 0.342. The fraction of sp³-hybridized carbons (Fsp3) is 0.833. The molecule has 0 spiro atoms. The van der Waals surface area contributed by atoms with E-state index in [1.165, 1.54) is 4.90 Å². The van der Waals surface area contributed by atoms with Gasteiger partial charge in [-0.2, -0.15) is 0 Å². The molecular formula is C6H10Br2N2O3. The second-order valence-corrected chi connectivity index (χ2v) is 5.64. The number of amides is 1. The third kappa shape index (κ3) is 2.91. The van der Waals surface area contributed by atoms with Crippen molar-refractivity contribution in [2.75, 3.05) is 13.1 Å². The molecule has 13 heavy (non-hydrogen) atoms. The molecular weight excluding hydrogens is 308 g/mol. The van der Waals surface area contributed by atoms with E-state index >= 15 is 0 Å². The van der Waals surface area contributed by atoms with Gasteiger partial charge in [-0.25, -0.2) is 0 Å². The first-order valence-corrected chi connectivity index (χ1v) is 5.28. The van der Waals surface area contributed by atoms with Gasteiger partial charge in [0, 0.05) is 44.9 Å². The second-order valence-electron chi connectivity index (χ2n) is 2.28. The maximum atomic E-state index is 11.5. The molecule has 0 aliphatic carbocycles. The summed E-state index contributed by atoms with van der Waals surface area (Å²) < 4.78 is -1.88. The molecule has 7 heteroatoms. The molecule has 0 radical (unpaired) electrons. The van der Waals surface area contributed by atoms with Crippen molar-refractivity contribution in [2.24, 2.45) is 0 Å². The van der Waals surface area contributed by atoms with E-state index in [9.17, 15) is 14.9 Å². The molecule has 0 aromatic carbocycles. The molecule has 0 N–H and O–H groups in total. The van der Waals surface area contributed by atoms with Gasteiger partial charge in [0.2, 0.25) is 0 Å². The number of likely N-dealkylation sites (N-methyl/N-ethyl adjacent to an activating group) is 1. The Labute approximate surface area is 92.9 Å². The number of rotatable bonds is 4. The Balaban J connectivity index is 4.66. The van der Waals surface area contributed by atoms with E-state index in [4.69, 9.17) is 0 Å². The highest BCUT2D eigenvalue weighted by Gasteiger charge is 2.47. The maximum Gasteiger partial charge on any atom is 0.403 e. The number of nitrogens with zero attached hydrogens (tertiary/aromatic N) is 2. The van der Waals surface area contributed by atoms with Crippen LogP contribution in [0.4, 0.5) is 0 Å². The van der Waals surface area contributed by atoms with Gasteiger partial charge in [-0.05, 0) is 13.8 Å². The lowest BCUT2D eigenvalue weighted by atomic mass is 10.4. The Bertz CT molecular complexity index is 216. The molecule has 0 saturated carbocycles. The molecule has 0 rings (SSSR count). The summed E-state index contributed by atoms with van der Waals surface area (Å²) in [7, 11) is 0. The van der Waals surface area contributed by atoms with Crippen LogP contribution in [0.3, 0.4) is 0 Å². The van der Waals surface area contributed by atoms with E-state index in [1.807, 2.05) is 0 Å². The Hall–Kier alpha value is -0.170. The van der Waals surface area contributed by atoms with E-state index in [2.05, 4.69) is 31.9 Å². The van der Waals surface area contributed by atoms with Crippen LogP contribution in [-0.2, 0) is 4.79 Å². The van der Waals surface area contributed by atoms with E-state index in [1.54, 1.807) is 13.8 Å². The topological polar surface area (TPSA) is 63.5 Å². The van der Waals surface area contributed by atoms with Gasteiger partial charge < -0.3 is 4.90 Å². The maximum absolute atomic E-state index is 11.5. The minimum atomic E-state index is -1.88. The number of hydrogen-bond donors (Lipinski definition) is 0. The van der Waals surface area contributed by atoms with Crippen molar-refractivity contribution in [1.29, 1.82) is 0 Å². The molecule has 0 atom stereocenters. The van der Waals surface area contributed by atoms with Gasteiger partial charge in [0.25, 0.3) is 0 Å². The highest BCUT2D eigenvalue weighted by Crippen LogP contribution is 2.29. The van der Waals surface area contributed by atoms with Crippen LogP contribution in [0.1, 0.15) is 13.8 Å². The van der Waals surface area contributed by atoms with Gasteiger partial charge in [0.05, 0.1) is 4.92 Å². The van der Waals surface area contributed by atoms with Crippen LogP contribution in [0.15, 0.2) is 0 Å². The van der Waals surface area contributed by atoms with Crippen molar-refractivity contribution in [2.45, 2.75) is 17.2 Å². The summed E-state index contributed by atoms with van der Waals surface area (Å²) in [5.41, 5.74) is 0. The standard InChI is InChI=1S/C6H10Br2N2O3/c1-3-9(4-2)5(11)6(7,8)10(12)13/h3-4H2,1-2H3. The van der Waals surface area contributed by atoms with Crippen LogP contribution in [0.5, 0.6) is 0 Å².